The average Bonchev–Trinajstić information content (AvgIpc) is 2.65. The second-order valence-corrected chi connectivity index (χ2v) is 4.44. The number of nitrogens with zero attached hydrogens (tertiary/aromatic N) is 2. The predicted octanol–water partition coefficient (Wildman–Crippen LogP) is 2.33. The van der Waals surface area contributed by atoms with Crippen LogP contribution < -0.4 is 0 Å². The Morgan fingerprint density at radius 3 is 2.53 bits per heavy atom. The van der Waals surface area contributed by atoms with E-state index < -0.39 is 0 Å². The first-order chi connectivity index (χ1) is 8.17. The van der Waals surface area contributed by atoms with E-state index in [1.165, 1.54) is 4.68 Å². The number of hydrogen-bond acceptors (Lipinski definition) is 4. The summed E-state index contributed by atoms with van der Waals surface area (Å²) in [5, 5.41) is 13.8. The molecular weight excluding hydrogens is 236 g/mol. The predicted molar refractivity (Wildman–Crippen MR) is 67.5 cm³/mol. The van der Waals surface area contributed by atoms with Gasteiger partial charge in [-0.3, -0.25) is 4.79 Å². The lowest BCUT2D eigenvalue weighted by Crippen LogP contribution is -1.89. The molecule has 0 aliphatic rings. The third kappa shape index (κ3) is 2.06. The van der Waals surface area contributed by atoms with Crippen molar-refractivity contribution in [2.45, 2.75) is 4.90 Å². The number of aromatic nitrogens is 2. The van der Waals surface area contributed by atoms with Crippen molar-refractivity contribution in [2.24, 2.45) is 7.05 Å². The van der Waals surface area contributed by atoms with Crippen molar-refractivity contribution in [1.29, 1.82) is 0 Å². The molecule has 0 aliphatic carbocycles. The fourth-order valence-corrected chi connectivity index (χ4v) is 2.01. The summed E-state index contributed by atoms with van der Waals surface area (Å²) in [6.07, 6.45) is 2.62. The molecule has 0 saturated heterocycles. The van der Waals surface area contributed by atoms with Crippen molar-refractivity contribution < 1.29 is 9.90 Å². The molecule has 17 heavy (non-hydrogen) atoms. The number of hydrogen-bond donors (Lipinski definition) is 1. The molecule has 0 saturated carbocycles. The highest BCUT2D eigenvalue weighted by Crippen LogP contribution is 2.28. The SMILES string of the molecule is CSc1ccc(-c2nn(C)c(O)c2C=O)cc1. The third-order valence-electron chi connectivity index (χ3n) is 2.53. The van der Waals surface area contributed by atoms with Gasteiger partial charge in [-0.25, -0.2) is 4.68 Å². The van der Waals surface area contributed by atoms with Gasteiger partial charge in [0.05, 0.1) is 0 Å². The summed E-state index contributed by atoms with van der Waals surface area (Å²) in [7, 11) is 1.60. The quantitative estimate of drug-likeness (QED) is 0.669. The van der Waals surface area contributed by atoms with Crippen LogP contribution in [0.2, 0.25) is 0 Å². The number of aryl methyl sites for hydroxylation is 1. The van der Waals surface area contributed by atoms with E-state index in [9.17, 15) is 9.90 Å². The molecule has 2 aromatic rings. The molecule has 0 unspecified atom stereocenters. The van der Waals surface area contributed by atoms with Crippen LogP contribution in [0.5, 0.6) is 5.88 Å². The molecule has 0 amide bonds. The molecule has 0 atom stereocenters. The Balaban J connectivity index is 2.52. The minimum Gasteiger partial charge on any atom is -0.493 e. The van der Waals surface area contributed by atoms with Gasteiger partial charge in [-0.15, -0.1) is 11.8 Å². The monoisotopic (exact) mass is 248 g/mol. The molecule has 4 nitrogen and oxygen atoms in total. The number of aromatic hydroxyl groups is 1. The van der Waals surface area contributed by atoms with Gasteiger partial charge in [0.25, 0.3) is 0 Å². The highest BCUT2D eigenvalue weighted by Gasteiger charge is 2.15. The van der Waals surface area contributed by atoms with Gasteiger partial charge < -0.3 is 5.11 Å². The summed E-state index contributed by atoms with van der Waals surface area (Å²) in [6.45, 7) is 0. The first-order valence-electron chi connectivity index (χ1n) is 5.03. The Hall–Kier alpha value is -1.75. The number of aldehydes is 1. The number of rotatable bonds is 3. The molecule has 0 bridgehead atoms. The Morgan fingerprint density at radius 1 is 1.35 bits per heavy atom. The van der Waals surface area contributed by atoms with E-state index >= 15 is 0 Å². The van der Waals surface area contributed by atoms with Crippen molar-refractivity contribution in [1.82, 2.24) is 9.78 Å². The lowest BCUT2D eigenvalue weighted by atomic mass is 10.1. The van der Waals surface area contributed by atoms with E-state index in [1.807, 2.05) is 30.5 Å². The van der Waals surface area contributed by atoms with Crippen LogP contribution in [0.25, 0.3) is 11.3 Å². The van der Waals surface area contributed by atoms with Crippen LogP contribution in [-0.4, -0.2) is 27.4 Å². The van der Waals surface area contributed by atoms with Crippen molar-refractivity contribution in [2.75, 3.05) is 6.26 Å². The lowest BCUT2D eigenvalue weighted by molar-refractivity contribution is 0.112. The summed E-state index contributed by atoms with van der Waals surface area (Å²) >= 11 is 1.65. The van der Waals surface area contributed by atoms with Crippen LogP contribution in [0.4, 0.5) is 0 Å². The van der Waals surface area contributed by atoms with E-state index in [-0.39, 0.29) is 11.4 Å². The topological polar surface area (TPSA) is 55.1 Å². The lowest BCUT2D eigenvalue weighted by Gasteiger charge is -1.99. The third-order valence-corrected chi connectivity index (χ3v) is 3.28. The van der Waals surface area contributed by atoms with Gasteiger partial charge in [0.15, 0.2) is 6.29 Å². The normalized spacial score (nSPS) is 10.5. The summed E-state index contributed by atoms with van der Waals surface area (Å²) in [5.41, 5.74) is 1.55. The zero-order valence-electron chi connectivity index (χ0n) is 9.54. The van der Waals surface area contributed by atoms with Crippen LogP contribution in [0.1, 0.15) is 10.4 Å². The van der Waals surface area contributed by atoms with Gasteiger partial charge in [-0.05, 0) is 18.4 Å². The Morgan fingerprint density at radius 2 is 2.00 bits per heavy atom. The van der Waals surface area contributed by atoms with Gasteiger partial charge in [0.2, 0.25) is 5.88 Å². The smallest absolute Gasteiger partial charge is 0.220 e. The molecular formula is C12H12N2O2S. The zero-order valence-corrected chi connectivity index (χ0v) is 10.4. The molecule has 1 aromatic carbocycles. The van der Waals surface area contributed by atoms with Crippen LogP contribution >= 0.6 is 11.8 Å². The maximum Gasteiger partial charge on any atom is 0.220 e. The van der Waals surface area contributed by atoms with Crippen molar-refractivity contribution in [3.05, 3.63) is 29.8 Å². The van der Waals surface area contributed by atoms with Crippen LogP contribution in [0, 0.1) is 0 Å². The van der Waals surface area contributed by atoms with Gasteiger partial charge >= 0.3 is 0 Å². The van der Waals surface area contributed by atoms with Crippen molar-refractivity contribution in [3.63, 3.8) is 0 Å². The summed E-state index contributed by atoms with van der Waals surface area (Å²) in [4.78, 5) is 12.1. The maximum atomic E-state index is 10.9. The summed E-state index contributed by atoms with van der Waals surface area (Å²) in [5.74, 6) is -0.107. The van der Waals surface area contributed by atoms with Gasteiger partial charge in [0.1, 0.15) is 11.3 Å². The first kappa shape index (κ1) is 11.7. The van der Waals surface area contributed by atoms with E-state index in [1.54, 1.807) is 18.8 Å². The molecule has 0 fully saturated rings. The van der Waals surface area contributed by atoms with E-state index in [0.29, 0.717) is 12.0 Å². The fourth-order valence-electron chi connectivity index (χ4n) is 1.60. The van der Waals surface area contributed by atoms with Crippen LogP contribution in [0.15, 0.2) is 29.2 Å². The molecule has 0 radical (unpaired) electrons. The molecule has 0 aliphatic heterocycles. The molecule has 88 valence electrons. The average molecular weight is 248 g/mol. The zero-order chi connectivity index (χ0) is 12.4. The van der Waals surface area contributed by atoms with Crippen LogP contribution in [-0.2, 0) is 7.05 Å². The fraction of sp³-hybridized carbons (Fsp3) is 0.167. The molecule has 1 aromatic heterocycles. The second-order valence-electron chi connectivity index (χ2n) is 3.56. The molecule has 1 heterocycles. The van der Waals surface area contributed by atoms with E-state index in [2.05, 4.69) is 5.10 Å². The largest absolute Gasteiger partial charge is 0.493 e. The van der Waals surface area contributed by atoms with E-state index in [4.69, 9.17) is 0 Å². The first-order valence-corrected chi connectivity index (χ1v) is 6.25. The molecule has 5 heteroatoms. The molecule has 2 rings (SSSR count). The summed E-state index contributed by atoms with van der Waals surface area (Å²) < 4.78 is 1.29. The number of carbonyl (C=O) groups excluding carboxylic acids is 1. The van der Waals surface area contributed by atoms with Crippen molar-refractivity contribution in [3.8, 4) is 17.1 Å². The van der Waals surface area contributed by atoms with E-state index in [0.717, 1.165) is 10.5 Å². The van der Waals surface area contributed by atoms with Crippen molar-refractivity contribution >= 4 is 18.0 Å². The number of benzene rings is 1. The maximum absolute atomic E-state index is 10.9. The molecule has 0 spiro atoms. The van der Waals surface area contributed by atoms with Gasteiger partial charge in [-0.2, -0.15) is 5.10 Å². The Labute approximate surface area is 103 Å². The Kier molecular flexibility index (Phi) is 3.19. The minimum atomic E-state index is -0.107. The summed E-state index contributed by atoms with van der Waals surface area (Å²) in [6, 6.07) is 7.70. The highest BCUT2D eigenvalue weighted by atomic mass is 32.2. The minimum absolute atomic E-state index is 0.107. The number of thioether (sulfide) groups is 1. The standard InChI is InChI=1S/C12H12N2O2S/c1-14-12(16)10(7-15)11(13-14)8-3-5-9(17-2)6-4-8/h3-7,16H,1-2H3. The highest BCUT2D eigenvalue weighted by molar-refractivity contribution is 7.98. The van der Waals surface area contributed by atoms with Gasteiger partial charge in [0, 0.05) is 17.5 Å². The Bertz CT molecular complexity index is 546. The van der Waals surface area contributed by atoms with Gasteiger partial charge in [-0.1, -0.05) is 12.1 Å². The molecule has 1 N–H and O–H groups in total. The number of carbonyl (C=O) groups is 1. The van der Waals surface area contributed by atoms with Crippen LogP contribution in [0.3, 0.4) is 0 Å². The second kappa shape index (κ2) is 4.63.